The van der Waals surface area contributed by atoms with Crippen molar-refractivity contribution in [1.29, 1.82) is 5.26 Å². The van der Waals surface area contributed by atoms with Gasteiger partial charge in [0.2, 0.25) is 0 Å². The Morgan fingerprint density at radius 3 is 2.50 bits per heavy atom. The van der Waals surface area contributed by atoms with Gasteiger partial charge >= 0.3 is 0 Å². The Morgan fingerprint density at radius 1 is 1.12 bits per heavy atom. The van der Waals surface area contributed by atoms with Gasteiger partial charge in [-0.3, -0.25) is 4.79 Å². The predicted molar refractivity (Wildman–Crippen MR) is 98.3 cm³/mol. The zero-order valence-electron chi connectivity index (χ0n) is 12.1. The number of nitrogens with two attached hydrogens (primary N) is 1. The molecule has 122 valence electrons. The maximum atomic E-state index is 12.1. The van der Waals surface area contributed by atoms with Gasteiger partial charge in [-0.2, -0.15) is 5.26 Å². The van der Waals surface area contributed by atoms with Crippen LogP contribution in [0.4, 0.5) is 17.1 Å². The minimum absolute atomic E-state index is 0.144. The van der Waals surface area contributed by atoms with E-state index in [1.165, 1.54) is 12.3 Å². The summed E-state index contributed by atoms with van der Waals surface area (Å²) in [6, 6.07) is 11.2. The fourth-order valence-electron chi connectivity index (χ4n) is 1.71. The number of benzene rings is 2. The zero-order valence-corrected chi connectivity index (χ0v) is 14.4. The lowest BCUT2D eigenvalue weighted by atomic mass is 10.2. The molecule has 2 aromatic rings. The van der Waals surface area contributed by atoms with Gasteiger partial charge in [-0.1, -0.05) is 34.8 Å². The molecule has 0 aliphatic rings. The molecular weight excluding hydrogens is 371 g/mol. The molecule has 0 radical (unpaired) electrons. The van der Waals surface area contributed by atoms with Gasteiger partial charge in [0.1, 0.15) is 11.6 Å². The number of nitriles is 1. The molecule has 5 nitrogen and oxygen atoms in total. The van der Waals surface area contributed by atoms with Crippen LogP contribution in [0.15, 0.2) is 48.2 Å². The Kier molecular flexibility index (Phi) is 5.93. The number of amides is 1. The van der Waals surface area contributed by atoms with Gasteiger partial charge in [0, 0.05) is 16.9 Å². The summed E-state index contributed by atoms with van der Waals surface area (Å²) in [5.41, 5.74) is 6.78. The highest BCUT2D eigenvalue weighted by Gasteiger charge is 2.10. The second-order valence-corrected chi connectivity index (χ2v) is 5.88. The summed E-state index contributed by atoms with van der Waals surface area (Å²) in [5, 5.41) is 15.6. The Bertz CT molecular complexity index is 859. The molecule has 24 heavy (non-hydrogen) atoms. The molecule has 0 aliphatic carbocycles. The van der Waals surface area contributed by atoms with Crippen LogP contribution in [0.25, 0.3) is 0 Å². The van der Waals surface area contributed by atoms with Gasteiger partial charge in [-0.05, 0) is 36.4 Å². The third-order valence-corrected chi connectivity index (χ3v) is 3.80. The number of carbonyl (C=O) groups excluding carboxylic acids is 1. The lowest BCUT2D eigenvalue weighted by Gasteiger charge is -2.07. The molecule has 0 aromatic heterocycles. The number of nitrogens with one attached hydrogen (secondary N) is 2. The minimum atomic E-state index is -0.601. The van der Waals surface area contributed by atoms with Gasteiger partial charge < -0.3 is 16.4 Å². The number of anilines is 3. The maximum absolute atomic E-state index is 12.1. The Labute approximate surface area is 153 Å². The van der Waals surface area contributed by atoms with E-state index in [0.717, 1.165) is 0 Å². The summed E-state index contributed by atoms with van der Waals surface area (Å²) in [7, 11) is 0. The molecule has 0 atom stereocenters. The van der Waals surface area contributed by atoms with Crippen molar-refractivity contribution in [3.63, 3.8) is 0 Å². The van der Waals surface area contributed by atoms with Crippen LogP contribution in [0.2, 0.25) is 15.1 Å². The highest BCUT2D eigenvalue weighted by molar-refractivity contribution is 6.36. The van der Waals surface area contributed by atoms with E-state index in [0.29, 0.717) is 32.1 Å². The van der Waals surface area contributed by atoms with Crippen molar-refractivity contribution in [3.8, 4) is 6.07 Å². The highest BCUT2D eigenvalue weighted by atomic mass is 35.5. The van der Waals surface area contributed by atoms with Crippen molar-refractivity contribution in [2.24, 2.45) is 0 Å². The number of nitrogen functional groups attached to an aromatic ring is 1. The van der Waals surface area contributed by atoms with Gasteiger partial charge in [-0.15, -0.1) is 0 Å². The predicted octanol–water partition coefficient (Wildman–Crippen LogP) is 4.69. The van der Waals surface area contributed by atoms with Crippen LogP contribution in [0.3, 0.4) is 0 Å². The molecule has 0 heterocycles. The molecular formula is C16H11Cl3N4O. The normalized spacial score (nSPS) is 10.8. The molecule has 0 spiro atoms. The molecule has 4 N–H and O–H groups in total. The number of carbonyl (C=O) groups is 1. The largest absolute Gasteiger partial charge is 0.398 e. The standard InChI is InChI=1S/C16H11Cl3N4O/c17-10-1-4-15(13(19)5-10)22-8-9(7-20)16(24)23-11-2-3-14(21)12(18)6-11/h1-6,8,22H,21H2,(H,23,24)/b9-8-. The molecule has 2 rings (SSSR count). The third-order valence-electron chi connectivity index (χ3n) is 2.93. The van der Waals surface area contributed by atoms with E-state index in [2.05, 4.69) is 10.6 Å². The Balaban J connectivity index is 2.13. The third kappa shape index (κ3) is 4.56. The van der Waals surface area contributed by atoms with E-state index in [4.69, 9.17) is 45.8 Å². The van der Waals surface area contributed by atoms with E-state index in [1.807, 2.05) is 6.07 Å². The monoisotopic (exact) mass is 380 g/mol. The van der Waals surface area contributed by atoms with Gasteiger partial charge in [-0.25, -0.2) is 0 Å². The second kappa shape index (κ2) is 7.93. The number of halogens is 3. The molecule has 0 aliphatic heterocycles. The fourth-order valence-corrected chi connectivity index (χ4v) is 2.35. The van der Waals surface area contributed by atoms with Crippen molar-refractivity contribution < 1.29 is 4.79 Å². The van der Waals surface area contributed by atoms with Crippen LogP contribution in [0, 0.1) is 11.3 Å². The second-order valence-electron chi connectivity index (χ2n) is 4.63. The van der Waals surface area contributed by atoms with E-state index in [-0.39, 0.29) is 5.57 Å². The van der Waals surface area contributed by atoms with Gasteiger partial charge in [0.05, 0.1) is 21.4 Å². The van der Waals surface area contributed by atoms with Crippen LogP contribution >= 0.6 is 34.8 Å². The van der Waals surface area contributed by atoms with Crippen LogP contribution < -0.4 is 16.4 Å². The van der Waals surface area contributed by atoms with Crippen molar-refractivity contribution in [2.45, 2.75) is 0 Å². The molecule has 1 amide bonds. The molecule has 8 heteroatoms. The van der Waals surface area contributed by atoms with Crippen molar-refractivity contribution in [3.05, 3.63) is 63.2 Å². The summed E-state index contributed by atoms with van der Waals surface area (Å²) >= 11 is 17.7. The number of nitrogens with zero attached hydrogens (tertiary/aromatic N) is 1. The first-order valence-electron chi connectivity index (χ1n) is 6.59. The van der Waals surface area contributed by atoms with Gasteiger partial charge in [0.15, 0.2) is 0 Å². The number of hydrogen-bond acceptors (Lipinski definition) is 4. The Morgan fingerprint density at radius 2 is 1.88 bits per heavy atom. The SMILES string of the molecule is N#C/C(=C/Nc1ccc(Cl)cc1Cl)C(=O)Nc1ccc(N)c(Cl)c1. The van der Waals surface area contributed by atoms with E-state index < -0.39 is 5.91 Å². The quantitative estimate of drug-likeness (QED) is 0.407. The van der Waals surface area contributed by atoms with Crippen LogP contribution in [0.5, 0.6) is 0 Å². The summed E-state index contributed by atoms with van der Waals surface area (Å²) < 4.78 is 0. The first kappa shape index (κ1) is 18.0. The fraction of sp³-hybridized carbons (Fsp3) is 0. The molecule has 0 saturated carbocycles. The summed E-state index contributed by atoms with van der Waals surface area (Å²) in [6.45, 7) is 0. The summed E-state index contributed by atoms with van der Waals surface area (Å²) in [5.74, 6) is -0.601. The summed E-state index contributed by atoms with van der Waals surface area (Å²) in [4.78, 5) is 12.1. The van der Waals surface area contributed by atoms with Crippen molar-refractivity contribution in [2.75, 3.05) is 16.4 Å². The van der Waals surface area contributed by atoms with E-state index in [9.17, 15) is 4.79 Å². The molecule has 0 unspecified atom stereocenters. The lowest BCUT2D eigenvalue weighted by molar-refractivity contribution is -0.112. The molecule has 2 aromatic carbocycles. The van der Waals surface area contributed by atoms with Crippen molar-refractivity contribution in [1.82, 2.24) is 0 Å². The maximum Gasteiger partial charge on any atom is 0.267 e. The molecule has 0 bridgehead atoms. The zero-order chi connectivity index (χ0) is 17.7. The van der Waals surface area contributed by atoms with Crippen molar-refractivity contribution >= 4 is 57.8 Å². The molecule has 0 saturated heterocycles. The average Bonchev–Trinajstić information content (AvgIpc) is 2.53. The number of hydrogen-bond donors (Lipinski definition) is 3. The van der Waals surface area contributed by atoms with Crippen LogP contribution in [0.1, 0.15) is 0 Å². The van der Waals surface area contributed by atoms with Gasteiger partial charge in [0.25, 0.3) is 5.91 Å². The molecule has 0 fully saturated rings. The van der Waals surface area contributed by atoms with Crippen LogP contribution in [-0.4, -0.2) is 5.91 Å². The Hall–Kier alpha value is -2.39. The minimum Gasteiger partial charge on any atom is -0.398 e. The number of rotatable bonds is 4. The average molecular weight is 382 g/mol. The topological polar surface area (TPSA) is 90.9 Å². The van der Waals surface area contributed by atoms with Crippen LogP contribution in [-0.2, 0) is 4.79 Å². The van der Waals surface area contributed by atoms with E-state index in [1.54, 1.807) is 30.3 Å². The first-order chi connectivity index (χ1) is 11.4. The smallest absolute Gasteiger partial charge is 0.267 e. The highest BCUT2D eigenvalue weighted by Crippen LogP contribution is 2.26. The van der Waals surface area contributed by atoms with E-state index >= 15 is 0 Å². The lowest BCUT2D eigenvalue weighted by Crippen LogP contribution is -2.14. The first-order valence-corrected chi connectivity index (χ1v) is 7.72. The summed E-state index contributed by atoms with van der Waals surface area (Å²) in [6.07, 6.45) is 1.25.